The molecule has 21 heavy (non-hydrogen) atoms. The van der Waals surface area contributed by atoms with Crippen molar-refractivity contribution < 1.29 is 15.0 Å². The van der Waals surface area contributed by atoms with Crippen molar-refractivity contribution >= 4 is 28.3 Å². The number of fused-ring (bicyclic) bond motifs is 1. The highest BCUT2D eigenvalue weighted by Gasteiger charge is 2.08. The van der Waals surface area contributed by atoms with Gasteiger partial charge in [-0.05, 0) is 52.7 Å². The zero-order chi connectivity index (χ0) is 15.0. The number of phenols is 1. The van der Waals surface area contributed by atoms with Crippen LogP contribution in [0.3, 0.4) is 0 Å². The third-order valence-electron chi connectivity index (χ3n) is 3.35. The summed E-state index contributed by atoms with van der Waals surface area (Å²) in [5.74, 6) is -0.765. The Balaban J connectivity index is 2.13. The van der Waals surface area contributed by atoms with E-state index in [9.17, 15) is 9.90 Å². The molecule has 0 aromatic heterocycles. The van der Waals surface area contributed by atoms with Crippen molar-refractivity contribution in [3.05, 3.63) is 65.2 Å². The molecule has 3 rings (SSSR count). The fourth-order valence-corrected chi connectivity index (χ4v) is 2.55. The third kappa shape index (κ3) is 2.56. The molecule has 0 saturated heterocycles. The van der Waals surface area contributed by atoms with Crippen LogP contribution in [0.4, 0.5) is 0 Å². The topological polar surface area (TPSA) is 57.5 Å². The van der Waals surface area contributed by atoms with E-state index in [0.717, 1.165) is 21.9 Å². The number of halogens is 1. The van der Waals surface area contributed by atoms with Gasteiger partial charge in [0.1, 0.15) is 5.75 Å². The first-order chi connectivity index (χ1) is 10.0. The zero-order valence-electron chi connectivity index (χ0n) is 10.9. The maximum Gasteiger partial charge on any atom is 0.335 e. The third-order valence-corrected chi connectivity index (χ3v) is 3.67. The minimum absolute atomic E-state index is 0.192. The van der Waals surface area contributed by atoms with E-state index in [2.05, 4.69) is 0 Å². The standard InChI is InChI=1S/C17H11ClO3/c18-16-9-13-7-14(19)6-5-12(13)8-15(16)10-1-3-11(4-2-10)17(20)21/h1-9,19H,(H,20,21). The van der Waals surface area contributed by atoms with Gasteiger partial charge in [0.15, 0.2) is 0 Å². The van der Waals surface area contributed by atoms with E-state index in [1.807, 2.05) is 12.1 Å². The highest BCUT2D eigenvalue weighted by molar-refractivity contribution is 6.34. The summed E-state index contributed by atoms with van der Waals surface area (Å²) < 4.78 is 0. The predicted octanol–water partition coefficient (Wildman–Crippen LogP) is 4.56. The lowest BCUT2D eigenvalue weighted by molar-refractivity contribution is 0.0697. The van der Waals surface area contributed by atoms with Crippen LogP contribution in [0.2, 0.25) is 5.02 Å². The molecular formula is C17H11ClO3. The minimum Gasteiger partial charge on any atom is -0.508 e. The van der Waals surface area contributed by atoms with Crippen molar-refractivity contribution in [2.75, 3.05) is 0 Å². The van der Waals surface area contributed by atoms with Gasteiger partial charge in [-0.2, -0.15) is 0 Å². The van der Waals surface area contributed by atoms with Crippen molar-refractivity contribution in [2.45, 2.75) is 0 Å². The molecule has 0 unspecified atom stereocenters. The normalized spacial score (nSPS) is 10.7. The molecule has 0 heterocycles. The van der Waals surface area contributed by atoms with Crippen LogP contribution in [-0.4, -0.2) is 16.2 Å². The Morgan fingerprint density at radius 1 is 0.905 bits per heavy atom. The first-order valence-corrected chi connectivity index (χ1v) is 6.68. The molecule has 0 spiro atoms. The number of hydrogen-bond donors (Lipinski definition) is 2. The number of carbonyl (C=O) groups is 1. The number of carboxylic acids is 1. The zero-order valence-corrected chi connectivity index (χ0v) is 11.6. The number of carboxylic acid groups (broad SMARTS) is 1. The van der Waals surface area contributed by atoms with Crippen molar-refractivity contribution in [3.8, 4) is 16.9 Å². The van der Waals surface area contributed by atoms with E-state index in [1.54, 1.807) is 42.5 Å². The van der Waals surface area contributed by atoms with Gasteiger partial charge in [-0.1, -0.05) is 29.8 Å². The average molecular weight is 299 g/mol. The summed E-state index contributed by atoms with van der Waals surface area (Å²) in [5.41, 5.74) is 1.91. The SMILES string of the molecule is O=C(O)c1ccc(-c2cc3ccc(O)cc3cc2Cl)cc1. The second-order valence-electron chi connectivity index (χ2n) is 4.75. The molecular weight excluding hydrogens is 288 g/mol. The molecule has 0 amide bonds. The predicted molar refractivity (Wildman–Crippen MR) is 83.0 cm³/mol. The summed E-state index contributed by atoms with van der Waals surface area (Å²) in [6.07, 6.45) is 0. The molecule has 2 N–H and O–H groups in total. The van der Waals surface area contributed by atoms with Gasteiger partial charge < -0.3 is 10.2 Å². The number of hydrogen-bond acceptors (Lipinski definition) is 2. The number of benzene rings is 3. The molecule has 0 aliphatic heterocycles. The summed E-state index contributed by atoms with van der Waals surface area (Å²) >= 11 is 6.29. The van der Waals surface area contributed by atoms with Gasteiger partial charge in [-0.15, -0.1) is 0 Å². The Hall–Kier alpha value is -2.52. The molecule has 0 saturated carbocycles. The number of aromatic carboxylic acids is 1. The molecule has 3 nitrogen and oxygen atoms in total. The van der Waals surface area contributed by atoms with Gasteiger partial charge in [-0.3, -0.25) is 0 Å². The lowest BCUT2D eigenvalue weighted by atomic mass is 10.00. The van der Waals surface area contributed by atoms with Crippen LogP contribution in [0, 0.1) is 0 Å². The van der Waals surface area contributed by atoms with Crippen LogP contribution in [0.1, 0.15) is 10.4 Å². The highest BCUT2D eigenvalue weighted by atomic mass is 35.5. The molecule has 0 fully saturated rings. The van der Waals surface area contributed by atoms with Gasteiger partial charge >= 0.3 is 5.97 Å². The molecule has 3 aromatic rings. The lowest BCUT2D eigenvalue weighted by Crippen LogP contribution is -1.95. The van der Waals surface area contributed by atoms with Gasteiger partial charge in [0, 0.05) is 10.6 Å². The summed E-state index contributed by atoms with van der Waals surface area (Å²) in [7, 11) is 0. The molecule has 0 bridgehead atoms. The fourth-order valence-electron chi connectivity index (χ4n) is 2.27. The quantitative estimate of drug-likeness (QED) is 0.729. The monoisotopic (exact) mass is 298 g/mol. The number of aromatic hydroxyl groups is 1. The number of rotatable bonds is 2. The summed E-state index contributed by atoms with van der Waals surface area (Å²) in [6, 6.07) is 15.4. The second kappa shape index (κ2) is 5.11. The number of phenolic OH excluding ortho intramolecular Hbond substituents is 1. The highest BCUT2D eigenvalue weighted by Crippen LogP contribution is 2.33. The molecule has 104 valence electrons. The van der Waals surface area contributed by atoms with Crippen LogP contribution >= 0.6 is 11.6 Å². The maximum atomic E-state index is 10.9. The van der Waals surface area contributed by atoms with Crippen molar-refractivity contribution in [1.29, 1.82) is 0 Å². The molecule has 0 aliphatic carbocycles. The summed E-state index contributed by atoms with van der Waals surface area (Å²) in [6.45, 7) is 0. The molecule has 4 heteroatoms. The first-order valence-electron chi connectivity index (χ1n) is 6.30. The van der Waals surface area contributed by atoms with E-state index in [4.69, 9.17) is 16.7 Å². The molecule has 0 atom stereocenters. The van der Waals surface area contributed by atoms with Crippen LogP contribution in [0.25, 0.3) is 21.9 Å². The largest absolute Gasteiger partial charge is 0.508 e. The summed E-state index contributed by atoms with van der Waals surface area (Å²) in [5, 5.41) is 20.8. The Labute approximate surface area is 126 Å². The second-order valence-corrected chi connectivity index (χ2v) is 5.15. The van der Waals surface area contributed by atoms with Gasteiger partial charge in [0.05, 0.1) is 5.56 Å². The summed E-state index contributed by atoms with van der Waals surface area (Å²) in [4.78, 5) is 10.9. The van der Waals surface area contributed by atoms with Crippen molar-refractivity contribution in [3.63, 3.8) is 0 Å². The Kier molecular flexibility index (Phi) is 3.28. The van der Waals surface area contributed by atoms with E-state index in [1.165, 1.54) is 0 Å². The Bertz CT molecular complexity index is 839. The van der Waals surface area contributed by atoms with Gasteiger partial charge in [-0.25, -0.2) is 4.79 Å². The average Bonchev–Trinajstić information content (AvgIpc) is 2.46. The smallest absolute Gasteiger partial charge is 0.335 e. The molecule has 0 radical (unpaired) electrons. The first kappa shape index (κ1) is 13.5. The fraction of sp³-hybridized carbons (Fsp3) is 0. The van der Waals surface area contributed by atoms with Gasteiger partial charge in [0.25, 0.3) is 0 Å². The van der Waals surface area contributed by atoms with Crippen molar-refractivity contribution in [1.82, 2.24) is 0 Å². The van der Waals surface area contributed by atoms with E-state index >= 15 is 0 Å². The van der Waals surface area contributed by atoms with Crippen molar-refractivity contribution in [2.24, 2.45) is 0 Å². The van der Waals surface area contributed by atoms with Crippen LogP contribution < -0.4 is 0 Å². The molecule has 3 aromatic carbocycles. The minimum atomic E-state index is -0.957. The van der Waals surface area contributed by atoms with E-state index in [-0.39, 0.29) is 11.3 Å². The lowest BCUT2D eigenvalue weighted by Gasteiger charge is -2.08. The van der Waals surface area contributed by atoms with Crippen LogP contribution in [0.5, 0.6) is 5.75 Å². The molecule has 0 aliphatic rings. The Morgan fingerprint density at radius 2 is 1.62 bits per heavy atom. The van der Waals surface area contributed by atoms with E-state index in [0.29, 0.717) is 5.02 Å². The maximum absolute atomic E-state index is 10.9. The Morgan fingerprint density at radius 3 is 2.29 bits per heavy atom. The van der Waals surface area contributed by atoms with Crippen LogP contribution in [-0.2, 0) is 0 Å². The van der Waals surface area contributed by atoms with E-state index < -0.39 is 5.97 Å². The van der Waals surface area contributed by atoms with Crippen LogP contribution in [0.15, 0.2) is 54.6 Å². The van der Waals surface area contributed by atoms with Gasteiger partial charge in [0.2, 0.25) is 0 Å².